The maximum Gasteiger partial charge on any atom is 0.132 e. The third-order valence-electron chi connectivity index (χ3n) is 3.73. The van der Waals surface area contributed by atoms with Crippen LogP contribution in [0.15, 0.2) is 36.7 Å². The zero-order valence-corrected chi connectivity index (χ0v) is 12.9. The maximum atomic E-state index is 8.94. The molecule has 0 fully saturated rings. The maximum absolute atomic E-state index is 8.94. The highest BCUT2D eigenvalue weighted by molar-refractivity contribution is 5.76. The molecule has 1 atom stereocenters. The number of anilines is 1. The molecule has 3 aromatic rings. The third kappa shape index (κ3) is 2.69. The second kappa shape index (κ2) is 6.19. The highest BCUT2D eigenvalue weighted by Gasteiger charge is 2.16. The Morgan fingerprint density at radius 1 is 1.32 bits per heavy atom. The van der Waals surface area contributed by atoms with Crippen molar-refractivity contribution in [2.45, 2.75) is 33.0 Å². The SMILES string of the molecule is CCn1c(C(C)Nc2cnn(CCO)c2)nc2ccccc21. The molecule has 2 aromatic heterocycles. The van der Waals surface area contributed by atoms with E-state index in [1.807, 2.05) is 24.4 Å². The smallest absolute Gasteiger partial charge is 0.132 e. The molecule has 6 heteroatoms. The number of nitrogens with one attached hydrogen (secondary N) is 1. The van der Waals surface area contributed by atoms with Crippen molar-refractivity contribution in [2.75, 3.05) is 11.9 Å². The minimum atomic E-state index is 0.0686. The molecule has 0 bridgehead atoms. The van der Waals surface area contributed by atoms with Gasteiger partial charge in [-0.3, -0.25) is 4.68 Å². The molecule has 0 aliphatic rings. The van der Waals surface area contributed by atoms with Gasteiger partial charge in [-0.2, -0.15) is 5.10 Å². The predicted octanol–water partition coefficient (Wildman–Crippen LogP) is 2.42. The summed E-state index contributed by atoms with van der Waals surface area (Å²) in [7, 11) is 0. The van der Waals surface area contributed by atoms with Crippen molar-refractivity contribution in [3.63, 3.8) is 0 Å². The minimum absolute atomic E-state index is 0.0686. The molecular weight excluding hydrogens is 278 g/mol. The summed E-state index contributed by atoms with van der Waals surface area (Å²) < 4.78 is 3.95. The number of aryl methyl sites for hydroxylation is 1. The predicted molar refractivity (Wildman–Crippen MR) is 86.8 cm³/mol. The molecule has 2 heterocycles. The van der Waals surface area contributed by atoms with Crippen LogP contribution in [0.1, 0.15) is 25.7 Å². The number of rotatable bonds is 6. The van der Waals surface area contributed by atoms with Crippen molar-refractivity contribution in [1.29, 1.82) is 0 Å². The number of hydrogen-bond donors (Lipinski definition) is 2. The van der Waals surface area contributed by atoms with E-state index in [1.165, 1.54) is 0 Å². The lowest BCUT2D eigenvalue weighted by Gasteiger charge is -2.15. The lowest BCUT2D eigenvalue weighted by Crippen LogP contribution is -2.13. The van der Waals surface area contributed by atoms with Gasteiger partial charge >= 0.3 is 0 Å². The molecule has 2 N–H and O–H groups in total. The summed E-state index contributed by atoms with van der Waals surface area (Å²) in [6, 6.07) is 8.25. The van der Waals surface area contributed by atoms with E-state index in [1.54, 1.807) is 10.9 Å². The molecule has 0 amide bonds. The molecule has 1 aromatic carbocycles. The van der Waals surface area contributed by atoms with E-state index >= 15 is 0 Å². The molecule has 1 unspecified atom stereocenters. The van der Waals surface area contributed by atoms with Crippen molar-refractivity contribution >= 4 is 16.7 Å². The Morgan fingerprint density at radius 3 is 2.91 bits per heavy atom. The topological polar surface area (TPSA) is 67.9 Å². The highest BCUT2D eigenvalue weighted by atomic mass is 16.3. The number of imidazole rings is 1. The number of fused-ring (bicyclic) bond motifs is 1. The first kappa shape index (κ1) is 14.6. The van der Waals surface area contributed by atoms with E-state index in [-0.39, 0.29) is 12.6 Å². The van der Waals surface area contributed by atoms with Crippen LogP contribution in [0.4, 0.5) is 5.69 Å². The van der Waals surface area contributed by atoms with Gasteiger partial charge in [-0.1, -0.05) is 12.1 Å². The average molecular weight is 299 g/mol. The van der Waals surface area contributed by atoms with Gasteiger partial charge in [0.1, 0.15) is 5.82 Å². The number of nitrogens with zero attached hydrogens (tertiary/aromatic N) is 4. The van der Waals surface area contributed by atoms with Crippen molar-refractivity contribution in [3.05, 3.63) is 42.5 Å². The number of benzene rings is 1. The zero-order chi connectivity index (χ0) is 15.5. The van der Waals surface area contributed by atoms with E-state index in [9.17, 15) is 0 Å². The van der Waals surface area contributed by atoms with Crippen LogP contribution in [0.25, 0.3) is 11.0 Å². The number of aromatic nitrogens is 4. The van der Waals surface area contributed by atoms with Crippen LogP contribution in [0, 0.1) is 0 Å². The third-order valence-corrected chi connectivity index (χ3v) is 3.73. The normalized spacial score (nSPS) is 12.7. The summed E-state index contributed by atoms with van der Waals surface area (Å²) in [5.41, 5.74) is 3.10. The molecule has 0 saturated carbocycles. The molecule has 0 radical (unpaired) electrons. The summed E-state index contributed by atoms with van der Waals surface area (Å²) >= 11 is 0. The van der Waals surface area contributed by atoms with Crippen LogP contribution in [-0.2, 0) is 13.1 Å². The Balaban J connectivity index is 1.86. The van der Waals surface area contributed by atoms with Gasteiger partial charge in [0.2, 0.25) is 0 Å². The monoisotopic (exact) mass is 299 g/mol. The quantitative estimate of drug-likeness (QED) is 0.733. The molecule has 22 heavy (non-hydrogen) atoms. The van der Waals surface area contributed by atoms with Gasteiger partial charge in [-0.05, 0) is 26.0 Å². The van der Waals surface area contributed by atoms with Gasteiger partial charge in [0, 0.05) is 12.7 Å². The zero-order valence-electron chi connectivity index (χ0n) is 12.9. The molecule has 0 saturated heterocycles. The second-order valence-electron chi connectivity index (χ2n) is 5.28. The van der Waals surface area contributed by atoms with E-state index in [0.717, 1.165) is 29.1 Å². The standard InChI is InChI=1S/C16H21N5O/c1-3-21-15-7-5-4-6-14(15)19-16(21)12(2)18-13-10-17-20(11-13)8-9-22/h4-7,10-12,18,22H,3,8-9H2,1-2H3. The van der Waals surface area contributed by atoms with Crippen LogP contribution < -0.4 is 5.32 Å². The van der Waals surface area contributed by atoms with Crippen molar-refractivity contribution < 1.29 is 5.11 Å². The van der Waals surface area contributed by atoms with Crippen molar-refractivity contribution in [3.8, 4) is 0 Å². The molecule has 6 nitrogen and oxygen atoms in total. The van der Waals surface area contributed by atoms with E-state index in [2.05, 4.69) is 34.9 Å². The first-order valence-corrected chi connectivity index (χ1v) is 7.58. The average Bonchev–Trinajstić information content (AvgIpc) is 3.11. The lowest BCUT2D eigenvalue weighted by molar-refractivity contribution is 0.269. The summed E-state index contributed by atoms with van der Waals surface area (Å²) in [6.07, 6.45) is 3.66. The van der Waals surface area contributed by atoms with Crippen molar-refractivity contribution in [2.24, 2.45) is 0 Å². The molecular formula is C16H21N5O. The number of aliphatic hydroxyl groups is 1. The summed E-state index contributed by atoms with van der Waals surface area (Å²) in [6.45, 7) is 5.69. The van der Waals surface area contributed by atoms with Gasteiger partial charge in [0.05, 0.1) is 42.1 Å². The van der Waals surface area contributed by atoms with Gasteiger partial charge in [0.15, 0.2) is 0 Å². The molecule has 0 aliphatic heterocycles. The Kier molecular flexibility index (Phi) is 4.11. The van der Waals surface area contributed by atoms with Gasteiger partial charge < -0.3 is 15.0 Å². The first-order valence-electron chi connectivity index (χ1n) is 7.58. The van der Waals surface area contributed by atoms with Crippen LogP contribution in [-0.4, -0.2) is 31.0 Å². The van der Waals surface area contributed by atoms with Crippen molar-refractivity contribution in [1.82, 2.24) is 19.3 Å². The van der Waals surface area contributed by atoms with Crippen LogP contribution in [0.3, 0.4) is 0 Å². The first-order chi connectivity index (χ1) is 10.7. The molecule has 3 rings (SSSR count). The van der Waals surface area contributed by atoms with Gasteiger partial charge in [-0.15, -0.1) is 0 Å². The van der Waals surface area contributed by atoms with Crippen LogP contribution in [0.5, 0.6) is 0 Å². The summed E-state index contributed by atoms with van der Waals surface area (Å²) in [4.78, 5) is 4.76. The Morgan fingerprint density at radius 2 is 2.14 bits per heavy atom. The number of para-hydroxylation sites is 2. The fourth-order valence-corrected chi connectivity index (χ4v) is 2.73. The van der Waals surface area contributed by atoms with E-state index in [4.69, 9.17) is 10.1 Å². The fourth-order valence-electron chi connectivity index (χ4n) is 2.73. The Labute approximate surface area is 129 Å². The van der Waals surface area contributed by atoms with Gasteiger partial charge in [-0.25, -0.2) is 4.98 Å². The summed E-state index contributed by atoms with van der Waals surface area (Å²) in [5, 5.41) is 16.6. The summed E-state index contributed by atoms with van der Waals surface area (Å²) in [5.74, 6) is 1.01. The highest BCUT2D eigenvalue weighted by Crippen LogP contribution is 2.23. The molecule has 0 spiro atoms. The Bertz CT molecular complexity index is 761. The van der Waals surface area contributed by atoms with Crippen LogP contribution >= 0.6 is 0 Å². The van der Waals surface area contributed by atoms with E-state index < -0.39 is 0 Å². The molecule has 116 valence electrons. The van der Waals surface area contributed by atoms with Gasteiger partial charge in [0.25, 0.3) is 0 Å². The van der Waals surface area contributed by atoms with Crippen LogP contribution in [0.2, 0.25) is 0 Å². The number of aliphatic hydroxyl groups excluding tert-OH is 1. The fraction of sp³-hybridized carbons (Fsp3) is 0.375. The lowest BCUT2D eigenvalue weighted by atomic mass is 10.3. The molecule has 0 aliphatic carbocycles. The number of hydrogen-bond acceptors (Lipinski definition) is 4. The van der Waals surface area contributed by atoms with E-state index in [0.29, 0.717) is 6.54 Å². The second-order valence-corrected chi connectivity index (χ2v) is 5.28. The Hall–Kier alpha value is -2.34. The largest absolute Gasteiger partial charge is 0.394 e. The minimum Gasteiger partial charge on any atom is -0.394 e.